The minimum Gasteiger partial charge on any atom is -0.327 e. The van der Waals surface area contributed by atoms with Crippen LogP contribution in [0.15, 0.2) is 24.3 Å². The van der Waals surface area contributed by atoms with Crippen LogP contribution in [0, 0.1) is 0 Å². The molecule has 94 valence electrons. The zero-order valence-electron chi connectivity index (χ0n) is 10.1. The zero-order chi connectivity index (χ0) is 12.7. The van der Waals surface area contributed by atoms with E-state index in [1.165, 1.54) is 0 Å². The van der Waals surface area contributed by atoms with Gasteiger partial charge in [0.2, 0.25) is 10.0 Å². The fraction of sp³-hybridized carbons (Fsp3) is 0.500. The van der Waals surface area contributed by atoms with Gasteiger partial charge in [-0.2, -0.15) is 0 Å². The number of hydrogen-bond acceptors (Lipinski definition) is 3. The molecule has 17 heavy (non-hydrogen) atoms. The van der Waals surface area contributed by atoms with Crippen molar-refractivity contribution in [1.29, 1.82) is 0 Å². The lowest BCUT2D eigenvalue weighted by atomic mass is 9.89. The average molecular weight is 254 g/mol. The molecule has 1 unspecified atom stereocenters. The molecule has 1 atom stereocenters. The maximum absolute atomic E-state index is 11.2. The highest BCUT2D eigenvalue weighted by Gasteiger charge is 2.47. The van der Waals surface area contributed by atoms with E-state index >= 15 is 0 Å². The Morgan fingerprint density at radius 1 is 1.41 bits per heavy atom. The van der Waals surface area contributed by atoms with Crippen LogP contribution in [0.2, 0.25) is 0 Å². The maximum atomic E-state index is 11.2. The van der Waals surface area contributed by atoms with Gasteiger partial charge in [0.1, 0.15) is 0 Å². The highest BCUT2D eigenvalue weighted by Crippen LogP contribution is 2.50. The Morgan fingerprint density at radius 2 is 2.06 bits per heavy atom. The van der Waals surface area contributed by atoms with E-state index in [2.05, 4.69) is 4.72 Å². The number of anilines is 1. The van der Waals surface area contributed by atoms with Gasteiger partial charge in [0.15, 0.2) is 0 Å². The van der Waals surface area contributed by atoms with E-state index in [0.29, 0.717) is 5.69 Å². The van der Waals surface area contributed by atoms with Crippen molar-refractivity contribution in [3.05, 3.63) is 29.8 Å². The third-order valence-corrected chi connectivity index (χ3v) is 4.01. The first kappa shape index (κ1) is 12.4. The fourth-order valence-corrected chi connectivity index (χ4v) is 2.80. The van der Waals surface area contributed by atoms with E-state index in [4.69, 9.17) is 5.73 Å². The smallest absolute Gasteiger partial charge is 0.229 e. The van der Waals surface area contributed by atoms with Crippen molar-refractivity contribution in [2.45, 2.75) is 31.2 Å². The Bertz CT molecular complexity index is 519. The summed E-state index contributed by atoms with van der Waals surface area (Å²) in [5, 5.41) is 0. The summed E-state index contributed by atoms with van der Waals surface area (Å²) in [4.78, 5) is 0. The first-order valence-corrected chi connectivity index (χ1v) is 7.56. The van der Waals surface area contributed by atoms with Crippen LogP contribution in [0.25, 0.3) is 0 Å². The van der Waals surface area contributed by atoms with Crippen molar-refractivity contribution in [2.24, 2.45) is 5.73 Å². The molecular formula is C12H18N2O2S. The summed E-state index contributed by atoms with van der Waals surface area (Å²) in [6.07, 6.45) is 3.30. The molecule has 1 saturated carbocycles. The van der Waals surface area contributed by atoms with Crippen molar-refractivity contribution in [3.63, 3.8) is 0 Å². The Balaban J connectivity index is 2.30. The lowest BCUT2D eigenvalue weighted by Gasteiger charge is -2.20. The molecule has 0 bridgehead atoms. The summed E-state index contributed by atoms with van der Waals surface area (Å²) >= 11 is 0. The Labute approximate surface area is 102 Å². The van der Waals surface area contributed by atoms with Crippen LogP contribution in [-0.4, -0.2) is 20.7 Å². The van der Waals surface area contributed by atoms with E-state index in [0.717, 1.165) is 24.7 Å². The van der Waals surface area contributed by atoms with Gasteiger partial charge >= 0.3 is 0 Å². The van der Waals surface area contributed by atoms with Crippen molar-refractivity contribution < 1.29 is 8.42 Å². The molecule has 5 heteroatoms. The minimum atomic E-state index is -3.22. The van der Waals surface area contributed by atoms with E-state index < -0.39 is 10.0 Å². The quantitative estimate of drug-likeness (QED) is 0.854. The highest BCUT2D eigenvalue weighted by atomic mass is 32.2. The van der Waals surface area contributed by atoms with Gasteiger partial charge in [0, 0.05) is 17.1 Å². The summed E-state index contributed by atoms with van der Waals surface area (Å²) in [6.45, 7) is 2.00. The van der Waals surface area contributed by atoms with Crippen LogP contribution in [0.4, 0.5) is 5.69 Å². The minimum absolute atomic E-state index is 0.0508. The fourth-order valence-electron chi connectivity index (χ4n) is 2.25. The molecule has 0 radical (unpaired) electrons. The summed E-state index contributed by atoms with van der Waals surface area (Å²) in [6, 6.07) is 7.62. The molecule has 0 heterocycles. The number of nitrogens with two attached hydrogens (primary N) is 1. The van der Waals surface area contributed by atoms with Crippen molar-refractivity contribution >= 4 is 15.7 Å². The second-order valence-corrected chi connectivity index (χ2v) is 6.65. The molecule has 0 amide bonds. The summed E-state index contributed by atoms with van der Waals surface area (Å²) in [5.74, 6) is 0. The number of nitrogens with one attached hydrogen (secondary N) is 1. The molecule has 1 aliphatic carbocycles. The second-order valence-electron chi connectivity index (χ2n) is 4.90. The van der Waals surface area contributed by atoms with Crippen molar-refractivity contribution in [1.82, 2.24) is 0 Å². The average Bonchev–Trinajstić information content (AvgIpc) is 2.95. The van der Waals surface area contributed by atoms with Crippen molar-refractivity contribution in [2.75, 3.05) is 11.0 Å². The number of benzene rings is 1. The number of hydrogen-bond donors (Lipinski definition) is 2. The molecule has 0 saturated heterocycles. The van der Waals surface area contributed by atoms with Crippen LogP contribution in [0.5, 0.6) is 0 Å². The van der Waals surface area contributed by atoms with Crippen LogP contribution < -0.4 is 10.5 Å². The molecular weight excluding hydrogens is 236 g/mol. The van der Waals surface area contributed by atoms with Gasteiger partial charge in [-0.05, 0) is 37.5 Å². The molecule has 1 aromatic rings. The molecule has 0 aliphatic heterocycles. The Kier molecular flexibility index (Phi) is 2.91. The van der Waals surface area contributed by atoms with Gasteiger partial charge in [0.05, 0.1) is 6.26 Å². The number of sulfonamides is 1. The van der Waals surface area contributed by atoms with Gasteiger partial charge in [-0.1, -0.05) is 12.1 Å². The van der Waals surface area contributed by atoms with E-state index in [1.54, 1.807) is 6.07 Å². The van der Waals surface area contributed by atoms with Crippen LogP contribution in [-0.2, 0) is 15.4 Å². The van der Waals surface area contributed by atoms with E-state index in [9.17, 15) is 8.42 Å². The Morgan fingerprint density at radius 3 is 2.53 bits per heavy atom. The molecule has 1 fully saturated rings. The molecule has 4 nitrogen and oxygen atoms in total. The number of rotatable bonds is 4. The summed E-state index contributed by atoms with van der Waals surface area (Å²) in [7, 11) is -3.22. The molecule has 1 aromatic carbocycles. The normalized spacial score (nSPS) is 19.7. The second kappa shape index (κ2) is 3.99. The third kappa shape index (κ3) is 2.61. The predicted octanol–water partition coefficient (Wildman–Crippen LogP) is 1.44. The Hall–Kier alpha value is -1.07. The maximum Gasteiger partial charge on any atom is 0.229 e. The zero-order valence-corrected chi connectivity index (χ0v) is 10.9. The molecule has 0 spiro atoms. The van der Waals surface area contributed by atoms with Crippen LogP contribution in [0.3, 0.4) is 0 Å². The topological polar surface area (TPSA) is 72.2 Å². The standard InChI is InChI=1S/C12H18N2O2S/c1-9(13)12(6-7-12)10-4-3-5-11(8-10)14-17(2,15)16/h3-5,8-9,14H,6-7,13H2,1-2H3. The van der Waals surface area contributed by atoms with E-state index in [-0.39, 0.29) is 11.5 Å². The van der Waals surface area contributed by atoms with Gasteiger partial charge in [0.25, 0.3) is 0 Å². The largest absolute Gasteiger partial charge is 0.327 e. The molecule has 3 N–H and O–H groups in total. The monoisotopic (exact) mass is 254 g/mol. The SMILES string of the molecule is CC(N)C1(c2cccc(NS(C)(=O)=O)c2)CC1. The first-order valence-electron chi connectivity index (χ1n) is 5.67. The first-order chi connectivity index (χ1) is 7.83. The van der Waals surface area contributed by atoms with E-state index in [1.807, 2.05) is 25.1 Å². The molecule has 1 aliphatic rings. The molecule has 0 aromatic heterocycles. The third-order valence-electron chi connectivity index (χ3n) is 3.40. The van der Waals surface area contributed by atoms with Gasteiger partial charge in [-0.3, -0.25) is 4.72 Å². The van der Waals surface area contributed by atoms with Crippen LogP contribution in [0.1, 0.15) is 25.3 Å². The van der Waals surface area contributed by atoms with Gasteiger partial charge < -0.3 is 5.73 Å². The van der Waals surface area contributed by atoms with Gasteiger partial charge in [-0.25, -0.2) is 8.42 Å². The van der Waals surface area contributed by atoms with Gasteiger partial charge in [-0.15, -0.1) is 0 Å². The van der Waals surface area contributed by atoms with Crippen LogP contribution >= 0.6 is 0 Å². The predicted molar refractivity (Wildman–Crippen MR) is 69.5 cm³/mol. The lowest BCUT2D eigenvalue weighted by molar-refractivity contribution is 0.557. The summed E-state index contributed by atoms with van der Waals surface area (Å²) < 4.78 is 24.8. The lowest BCUT2D eigenvalue weighted by Crippen LogP contribution is -2.31. The highest BCUT2D eigenvalue weighted by molar-refractivity contribution is 7.92. The molecule has 2 rings (SSSR count). The summed E-state index contributed by atoms with van der Waals surface area (Å²) in [5.41, 5.74) is 7.79. The van der Waals surface area contributed by atoms with Crippen molar-refractivity contribution in [3.8, 4) is 0 Å².